The molecule has 1 aliphatic heterocycles. The second kappa shape index (κ2) is 12.8. The van der Waals surface area contributed by atoms with Crippen molar-refractivity contribution in [3.8, 4) is 62.2 Å². The number of imidazole rings is 1. The first-order chi connectivity index (χ1) is 31.3. The Morgan fingerprint density at radius 1 is 0.593 bits per heavy atom. The third kappa shape index (κ3) is 5.04. The van der Waals surface area contributed by atoms with Gasteiger partial charge in [0.05, 0.1) is 38.9 Å². The van der Waals surface area contributed by atoms with Gasteiger partial charge in [-0.05, 0) is 51.5 Å². The summed E-state index contributed by atoms with van der Waals surface area (Å²) in [4.78, 5) is 5.07. The van der Waals surface area contributed by atoms with Gasteiger partial charge >= 0.3 is 0 Å². The predicted octanol–water partition coefficient (Wildman–Crippen LogP) is 10.9. The van der Waals surface area contributed by atoms with E-state index in [0.717, 1.165) is 16.3 Å². The number of rotatable bonds is 1. The summed E-state index contributed by atoms with van der Waals surface area (Å²) >= 11 is 0. The molecule has 258 valence electrons. The molecule has 1 aliphatic rings. The van der Waals surface area contributed by atoms with Gasteiger partial charge in [0, 0.05) is 43.6 Å². The van der Waals surface area contributed by atoms with Gasteiger partial charge in [0.1, 0.15) is 5.82 Å². The molecule has 10 aromatic rings. The van der Waals surface area contributed by atoms with E-state index in [1.165, 1.54) is 4.57 Å². The maximum atomic E-state index is 9.71. The van der Waals surface area contributed by atoms with Crippen LogP contribution in [-0.2, 0) is 21.1 Å². The first-order valence-electron chi connectivity index (χ1n) is 22.7. The van der Waals surface area contributed by atoms with Crippen LogP contribution in [0.15, 0.2) is 170 Å². The summed E-state index contributed by atoms with van der Waals surface area (Å²) in [5.74, 6) is 1.01. The van der Waals surface area contributed by atoms with Gasteiger partial charge in [0.15, 0.2) is 0 Å². The zero-order valence-electron chi connectivity index (χ0n) is 39.8. The zero-order valence-corrected chi connectivity index (χ0v) is 30.0. The molecule has 0 radical (unpaired) electrons. The topological polar surface area (TPSA) is 35.9 Å². The molecule has 11 rings (SSSR count). The van der Waals surface area contributed by atoms with Crippen LogP contribution in [0.4, 0.5) is 0 Å². The van der Waals surface area contributed by atoms with E-state index in [1.807, 2.05) is 34.9 Å². The minimum Gasteiger partial charge on any atom is -0.510 e. The average molecular weight is 884 g/mol. The van der Waals surface area contributed by atoms with E-state index >= 15 is 0 Å². The fraction of sp³-hybridized carbons (Fsp3) is 0. The van der Waals surface area contributed by atoms with Gasteiger partial charge in [-0.25, -0.2) is 4.98 Å². The van der Waals surface area contributed by atoms with E-state index < -0.39 is 78.1 Å². The van der Waals surface area contributed by atoms with Crippen LogP contribution in [0.25, 0.3) is 83.5 Å². The van der Waals surface area contributed by atoms with E-state index in [2.05, 4.69) is 18.5 Å². The predicted molar refractivity (Wildman–Crippen MR) is 210 cm³/mol. The molecule has 0 aliphatic carbocycles. The van der Waals surface area contributed by atoms with E-state index in [0.29, 0.717) is 39.6 Å². The number of ether oxygens (including phenoxy) is 1. The van der Waals surface area contributed by atoms with Crippen LogP contribution in [0.3, 0.4) is 0 Å². The molecule has 0 spiro atoms. The van der Waals surface area contributed by atoms with Crippen molar-refractivity contribution >= 4 is 32.8 Å². The second-order valence-electron chi connectivity index (χ2n) is 12.3. The zero-order chi connectivity index (χ0) is 45.3. The van der Waals surface area contributed by atoms with E-state index in [4.69, 9.17) is 19.3 Å². The quantitative estimate of drug-likeness (QED) is 0.122. The summed E-state index contributed by atoms with van der Waals surface area (Å²) in [6.45, 7) is 0. The minimum atomic E-state index is -0.730. The molecular formula is C48H28N4OPt-2. The van der Waals surface area contributed by atoms with Crippen molar-refractivity contribution in [1.29, 1.82) is 0 Å². The molecule has 4 heterocycles. The number of aromatic nitrogens is 4. The van der Waals surface area contributed by atoms with Crippen LogP contribution in [0.5, 0.6) is 11.5 Å². The van der Waals surface area contributed by atoms with Gasteiger partial charge < -0.3 is 13.9 Å². The number of para-hydroxylation sites is 4. The second-order valence-corrected chi connectivity index (χ2v) is 12.3. The van der Waals surface area contributed by atoms with Crippen molar-refractivity contribution in [2.24, 2.45) is 0 Å². The number of benzene rings is 7. The molecule has 0 amide bonds. The van der Waals surface area contributed by atoms with Crippen LogP contribution in [0.1, 0.15) is 16.4 Å². The van der Waals surface area contributed by atoms with Crippen molar-refractivity contribution in [3.05, 3.63) is 188 Å². The Bertz CT molecular complexity index is 3730. The first-order valence-corrected chi connectivity index (χ1v) is 16.7. The molecular weight excluding hydrogens is 844 g/mol. The minimum absolute atomic E-state index is 0. The normalized spacial score (nSPS) is 14.8. The summed E-state index contributed by atoms with van der Waals surface area (Å²) in [6.07, 6.45) is 3.30. The Kier molecular flexibility index (Phi) is 5.19. The molecule has 7 aromatic carbocycles. The van der Waals surface area contributed by atoms with Gasteiger partial charge in [-0.2, -0.15) is 18.2 Å². The number of hydrogen-bond donors (Lipinski definition) is 0. The van der Waals surface area contributed by atoms with Crippen LogP contribution >= 0.6 is 0 Å². The molecule has 0 saturated carbocycles. The number of fused-ring (bicyclic) bond motifs is 20. The van der Waals surface area contributed by atoms with Crippen LogP contribution in [0.2, 0.25) is 0 Å². The van der Waals surface area contributed by atoms with Crippen LogP contribution in [-0.4, -0.2) is 14.1 Å². The fourth-order valence-corrected chi connectivity index (χ4v) is 7.06. The number of nitrogens with zero attached hydrogens (tertiary/aromatic N) is 4. The molecule has 54 heavy (non-hydrogen) atoms. The Labute approximate surface area is 343 Å². The van der Waals surface area contributed by atoms with Crippen LogP contribution in [0, 0.1) is 18.5 Å². The maximum Gasteiger partial charge on any atom is 0.268 e. The van der Waals surface area contributed by atoms with Crippen molar-refractivity contribution in [2.45, 2.75) is 0 Å². The van der Waals surface area contributed by atoms with Gasteiger partial charge in [-0.15, -0.1) is 29.7 Å². The summed E-state index contributed by atoms with van der Waals surface area (Å²) in [5.41, 5.74) is 0.901. The monoisotopic (exact) mass is 883 g/mol. The first kappa shape index (κ1) is 21.8. The molecule has 6 heteroatoms. The Morgan fingerprint density at radius 3 is 2.24 bits per heavy atom. The molecule has 5 nitrogen and oxygen atoms in total. The van der Waals surface area contributed by atoms with Gasteiger partial charge in [-0.1, -0.05) is 127 Å². The molecule has 8 bridgehead atoms. The molecule has 0 saturated heterocycles. The molecule has 0 fully saturated rings. The molecule has 0 N–H and O–H groups in total. The van der Waals surface area contributed by atoms with Crippen molar-refractivity contribution in [2.75, 3.05) is 0 Å². The van der Waals surface area contributed by atoms with Gasteiger partial charge in [0.2, 0.25) is 0 Å². The molecule has 0 atom stereocenters. The Hall–Kier alpha value is -6.55. The summed E-state index contributed by atoms with van der Waals surface area (Å²) in [5, 5.41) is 1.71. The van der Waals surface area contributed by atoms with E-state index in [9.17, 15) is 6.85 Å². The van der Waals surface area contributed by atoms with E-state index in [1.54, 1.807) is 71.3 Å². The smallest absolute Gasteiger partial charge is 0.268 e. The maximum absolute atomic E-state index is 9.71. The van der Waals surface area contributed by atoms with Crippen molar-refractivity contribution in [1.82, 2.24) is 14.1 Å². The third-order valence-corrected chi connectivity index (χ3v) is 9.31. The molecule has 0 unspecified atom stereocenters. The number of pyridine rings is 1. The summed E-state index contributed by atoms with van der Waals surface area (Å²) in [7, 11) is 0. The Morgan fingerprint density at radius 2 is 1.33 bits per heavy atom. The fourth-order valence-electron chi connectivity index (χ4n) is 7.06. The average Bonchev–Trinajstić information content (AvgIpc) is 3.86. The van der Waals surface area contributed by atoms with Crippen LogP contribution < -0.4 is 9.30 Å². The van der Waals surface area contributed by atoms with Gasteiger partial charge in [0.25, 0.3) is 6.33 Å². The largest absolute Gasteiger partial charge is 0.510 e. The third-order valence-electron chi connectivity index (χ3n) is 9.31. The Balaban J connectivity index is 0.00000511. The molecule has 3 aromatic heterocycles. The SMILES string of the molecule is [2H]c1c([2H])c([2H])c(-c2c([2H])c([2H])c([2H])c3c2-[n+]2[c-]n(c4ccccc42)-c2[c-]c(ccc2)Oc2[c-]c4c(cc2)c2ccccc2n4-c2cccc(n2)-c2c([2H])c([2H])c([2H])c([2H])c2-3)c([2H])c1[2H].[Pt]. The number of hydrogen-bond acceptors (Lipinski definition) is 2. The van der Waals surface area contributed by atoms with E-state index in [-0.39, 0.29) is 54.7 Å². The standard InChI is InChI=1S/C48H28N4O.Pt/c1-2-13-32(14-3-1)36-20-11-21-41-37-17-4-5-18-38(37)42-22-12-26-47(49-42)52-43-23-7-6-19-39(43)40-28-27-35(30-46(40)52)53-34-16-10-15-33(29-34)50-31-51(48(36)41)45-25-9-8-24-44(45)50;/h1-28H;/q-2;/i1D,2D,3D,4D,5D,11D,13D,14D,17D,18D,20D,21D;. The van der Waals surface area contributed by atoms with Crippen molar-refractivity contribution in [3.63, 3.8) is 0 Å². The van der Waals surface area contributed by atoms with Gasteiger partial charge in [-0.3, -0.25) is 4.57 Å². The summed E-state index contributed by atoms with van der Waals surface area (Å²) < 4.78 is 121. The summed E-state index contributed by atoms with van der Waals surface area (Å²) in [6, 6.07) is 27.4. The van der Waals surface area contributed by atoms with Crippen molar-refractivity contribution < 1.29 is 46.8 Å².